The van der Waals surface area contributed by atoms with Crippen molar-refractivity contribution in [1.29, 1.82) is 26.3 Å². The van der Waals surface area contributed by atoms with Crippen LogP contribution in [0.5, 0.6) is 0 Å². The van der Waals surface area contributed by atoms with Gasteiger partial charge in [0.1, 0.15) is 67.3 Å². The molecule has 0 amide bonds. The molecule has 0 saturated carbocycles. The maximum absolute atomic E-state index is 14.9. The molecule has 8 aliphatic rings. The maximum Gasteiger partial charge on any atom is 0.349 e. The fourth-order valence-electron chi connectivity index (χ4n) is 14.0. The standard InChI is InChI=1S/C69H80N12O8/c1-8-45-28-49(53(36-70)58(32-45)78-20-12-13-21-78)56(39-73)65(82)86-41-69(42-87-66(83)57(40-74)50-29-46(9-2)33-59(54(50)37-71)79-22-14-15-23-79,43-88-67(84)63(76-6)51-30-47(10-3)34-60(55(51)38-72)80-24-16-17-25-80)44-89-68(85)64(77-7)52-31-48(11-4)35-61(62(52)75-5)81-26-18-19-27-81/h45-48H,8-35,41-44H2,1-4H3/b56-49+,57-50+,63-51+,64-52-. The lowest BCUT2D eigenvalue weighted by Gasteiger charge is -2.34. The molecular formula is C69H80N12O8. The van der Waals surface area contributed by atoms with Crippen molar-refractivity contribution in [2.45, 2.75) is 156 Å². The van der Waals surface area contributed by atoms with Gasteiger partial charge in [-0.3, -0.25) is 9.59 Å². The van der Waals surface area contributed by atoms with Gasteiger partial charge in [0.25, 0.3) is 11.4 Å². The largest absolute Gasteiger partial charge is 0.470 e. The molecule has 4 aliphatic heterocycles. The molecule has 89 heavy (non-hydrogen) atoms. The summed E-state index contributed by atoms with van der Waals surface area (Å²) in [5.74, 6) is -4.89. The predicted molar refractivity (Wildman–Crippen MR) is 326 cm³/mol. The fraction of sp³-hybridized carbons (Fsp3) is 0.594. The van der Waals surface area contributed by atoms with Crippen LogP contribution in [-0.4, -0.2) is 122 Å². The van der Waals surface area contributed by atoms with Crippen LogP contribution < -0.4 is 0 Å². The molecule has 0 aromatic heterocycles. The van der Waals surface area contributed by atoms with Crippen LogP contribution in [0.2, 0.25) is 0 Å². The molecule has 0 radical (unpaired) electrons. The molecule has 4 atom stereocenters. The molecule has 0 aromatic rings. The Hall–Kier alpha value is -9.08. The molecule has 8 rings (SSSR count). The number of carbonyl (C=O) groups excluding carboxylic acids is 4. The van der Waals surface area contributed by atoms with E-state index in [2.05, 4.69) is 52.3 Å². The Balaban J connectivity index is 1.26. The first-order valence-electron chi connectivity index (χ1n) is 31.9. The van der Waals surface area contributed by atoms with E-state index < -0.39 is 78.3 Å². The minimum atomic E-state index is -2.17. The quantitative estimate of drug-likeness (QED) is 0.0361. The van der Waals surface area contributed by atoms with Crippen molar-refractivity contribution >= 4 is 23.9 Å². The van der Waals surface area contributed by atoms with Crippen LogP contribution in [0.3, 0.4) is 0 Å². The van der Waals surface area contributed by atoms with Gasteiger partial charge >= 0.3 is 23.9 Å². The second-order valence-corrected chi connectivity index (χ2v) is 24.8. The molecule has 0 aromatic carbocycles. The lowest BCUT2D eigenvalue weighted by molar-refractivity contribution is -0.165. The summed E-state index contributed by atoms with van der Waals surface area (Å²) < 4.78 is 24.5. The number of rotatable bonds is 20. The summed E-state index contributed by atoms with van der Waals surface area (Å²) in [6, 6.07) is 10.8. The monoisotopic (exact) mass is 1200 g/mol. The fourth-order valence-corrected chi connectivity index (χ4v) is 14.0. The summed E-state index contributed by atoms with van der Waals surface area (Å²) in [4.78, 5) is 79.3. The van der Waals surface area contributed by atoms with Crippen LogP contribution in [0.15, 0.2) is 90.0 Å². The number of esters is 4. The molecule has 20 nitrogen and oxygen atoms in total. The van der Waals surface area contributed by atoms with Gasteiger partial charge < -0.3 is 38.5 Å². The third-order valence-corrected chi connectivity index (χ3v) is 19.4. The van der Waals surface area contributed by atoms with Crippen molar-refractivity contribution < 1.29 is 38.1 Å². The van der Waals surface area contributed by atoms with Crippen molar-refractivity contribution in [2.75, 3.05) is 78.8 Å². The van der Waals surface area contributed by atoms with E-state index in [9.17, 15) is 45.5 Å². The van der Waals surface area contributed by atoms with Crippen molar-refractivity contribution in [2.24, 2.45) is 29.1 Å². The molecule has 4 heterocycles. The number of hydrogen-bond acceptors (Lipinski definition) is 17. The lowest BCUT2D eigenvalue weighted by Crippen LogP contribution is -2.44. The topological polar surface area (TPSA) is 250 Å². The molecule has 0 bridgehead atoms. The summed E-state index contributed by atoms with van der Waals surface area (Å²) in [7, 11) is 0. The van der Waals surface area contributed by atoms with Gasteiger partial charge in [0, 0.05) is 75.1 Å². The van der Waals surface area contributed by atoms with Crippen LogP contribution in [0, 0.1) is 105 Å². The number of carbonyl (C=O) groups is 4. The van der Waals surface area contributed by atoms with Crippen LogP contribution >= 0.6 is 0 Å². The van der Waals surface area contributed by atoms with Crippen LogP contribution in [0.4, 0.5) is 0 Å². The summed E-state index contributed by atoms with van der Waals surface area (Å²) in [6.45, 7) is 35.1. The number of ether oxygens (including phenoxy) is 4. The minimum Gasteiger partial charge on any atom is -0.470 e. The highest BCUT2D eigenvalue weighted by atomic mass is 16.6. The van der Waals surface area contributed by atoms with E-state index in [1.54, 1.807) is 0 Å². The third-order valence-electron chi connectivity index (χ3n) is 19.4. The zero-order valence-electron chi connectivity index (χ0n) is 52.1. The van der Waals surface area contributed by atoms with Crippen LogP contribution in [-0.2, 0) is 38.1 Å². The average molecular weight is 1210 g/mol. The van der Waals surface area contributed by atoms with Gasteiger partial charge in [-0.2, -0.15) is 26.3 Å². The zero-order valence-corrected chi connectivity index (χ0v) is 52.1. The Labute approximate surface area is 524 Å². The van der Waals surface area contributed by atoms with Gasteiger partial charge in [-0.15, -0.1) is 0 Å². The molecule has 4 fully saturated rings. The van der Waals surface area contributed by atoms with Gasteiger partial charge in [-0.1, -0.05) is 53.4 Å². The molecule has 0 spiro atoms. The summed E-state index contributed by atoms with van der Waals surface area (Å²) in [5.41, 5.74) is 0.415. The van der Waals surface area contributed by atoms with E-state index in [4.69, 9.17) is 38.7 Å². The van der Waals surface area contributed by atoms with E-state index in [0.29, 0.717) is 104 Å². The Morgan fingerprint density at radius 1 is 0.427 bits per heavy atom. The number of nitrogens with zero attached hydrogens (tertiary/aromatic N) is 12. The molecule has 0 N–H and O–H groups in total. The van der Waals surface area contributed by atoms with Gasteiger partial charge in [0.2, 0.25) is 0 Å². The Morgan fingerprint density at radius 3 is 1.01 bits per heavy atom. The number of allylic oxidation sites excluding steroid dienone is 11. The lowest BCUT2D eigenvalue weighted by atomic mass is 9.80. The van der Waals surface area contributed by atoms with E-state index in [1.807, 2.05) is 39.8 Å². The highest BCUT2D eigenvalue weighted by Gasteiger charge is 2.43. The molecule has 464 valence electrons. The van der Waals surface area contributed by atoms with E-state index in [0.717, 1.165) is 74.2 Å². The van der Waals surface area contributed by atoms with Crippen LogP contribution in [0.25, 0.3) is 14.5 Å². The highest BCUT2D eigenvalue weighted by molar-refractivity contribution is 5.96. The first-order valence-corrected chi connectivity index (χ1v) is 31.9. The van der Waals surface area contributed by atoms with Crippen molar-refractivity contribution in [3.63, 3.8) is 0 Å². The second-order valence-electron chi connectivity index (χ2n) is 24.8. The van der Waals surface area contributed by atoms with Crippen molar-refractivity contribution in [1.82, 2.24) is 19.6 Å². The highest BCUT2D eigenvalue weighted by Crippen LogP contribution is 2.45. The molecule has 4 saturated heterocycles. The molecular weight excluding hydrogens is 1120 g/mol. The Morgan fingerprint density at radius 2 is 0.708 bits per heavy atom. The maximum atomic E-state index is 14.9. The number of hydrogen-bond donors (Lipinski definition) is 0. The smallest absolute Gasteiger partial charge is 0.349 e. The molecule has 20 heteroatoms. The summed E-state index contributed by atoms with van der Waals surface area (Å²) >= 11 is 0. The van der Waals surface area contributed by atoms with Crippen molar-refractivity contribution in [3.8, 4) is 30.3 Å². The zero-order chi connectivity index (χ0) is 63.8. The van der Waals surface area contributed by atoms with Crippen molar-refractivity contribution in [3.05, 3.63) is 124 Å². The molecule has 4 unspecified atom stereocenters. The van der Waals surface area contributed by atoms with Gasteiger partial charge in [-0.05, 0) is 149 Å². The van der Waals surface area contributed by atoms with E-state index >= 15 is 0 Å². The first-order chi connectivity index (χ1) is 43.2. The van der Waals surface area contributed by atoms with E-state index in [-0.39, 0.29) is 94.1 Å². The molecule has 4 aliphatic carbocycles. The second kappa shape index (κ2) is 30.7. The summed E-state index contributed by atoms with van der Waals surface area (Å²) in [5, 5.41) is 54.1. The van der Waals surface area contributed by atoms with Gasteiger partial charge in [0.05, 0.1) is 42.5 Å². The Bertz CT molecular complexity index is 2990. The minimum absolute atomic E-state index is 0.0237. The van der Waals surface area contributed by atoms with Crippen LogP contribution in [0.1, 0.15) is 156 Å². The third kappa shape index (κ3) is 14.6. The first kappa shape index (κ1) is 65.9. The normalized spacial score (nSPS) is 25.0. The van der Waals surface area contributed by atoms with Gasteiger partial charge in [0.15, 0.2) is 5.70 Å². The van der Waals surface area contributed by atoms with Gasteiger partial charge in [-0.25, -0.2) is 24.1 Å². The van der Waals surface area contributed by atoms with E-state index in [1.165, 1.54) is 0 Å². The summed E-state index contributed by atoms with van der Waals surface area (Å²) in [6.07, 6.45) is 13.1. The Kier molecular flexibility index (Phi) is 22.7. The predicted octanol–water partition coefficient (Wildman–Crippen LogP) is 11.3. The number of nitriles is 5. The SMILES string of the molecule is [C-]#[N+]C1=C(N2CCCC2)CC(CC)C/C1=C(/[N+]#[C-])C(=O)OCC(COC(=O)/C(C#N)=C1\CC(CC)CC(N2CCCC2)=C1C#N)(COC(=O)/C(C#N)=C1\CC(CC)CC(N2CCCC2)=C1C#N)COC(=O)/C([N+]#[C-])=C1/CC(CC)CC(N2CCCC2)=C1C#N. The number of likely N-dealkylation sites (tertiary alicyclic amines) is 4. The average Bonchev–Trinajstić information content (AvgIpc) is 1.87.